The van der Waals surface area contributed by atoms with Crippen molar-refractivity contribution in [2.24, 2.45) is 0 Å². The summed E-state index contributed by atoms with van der Waals surface area (Å²) in [7, 11) is -3.80. The second kappa shape index (κ2) is 6.98. The minimum Gasteiger partial charge on any atom is -0.207 e. The highest BCUT2D eigenvalue weighted by atomic mass is 79.9. The molecule has 1 aromatic carbocycles. The number of nitrogens with one attached hydrogen (secondary N) is 1. The summed E-state index contributed by atoms with van der Waals surface area (Å²) >= 11 is 16.8. The molecule has 1 N–H and O–H groups in total. The van der Waals surface area contributed by atoms with Gasteiger partial charge >= 0.3 is 0 Å². The van der Waals surface area contributed by atoms with Crippen LogP contribution in [0.25, 0.3) is 0 Å². The molecule has 0 aliphatic rings. The van der Waals surface area contributed by atoms with Crippen LogP contribution in [-0.2, 0) is 10.0 Å². The van der Waals surface area contributed by atoms with E-state index in [4.69, 9.17) is 23.2 Å². The lowest BCUT2D eigenvalue weighted by molar-refractivity contribution is 0.553. The molecule has 0 radical (unpaired) electrons. The first kappa shape index (κ1) is 17.2. The Morgan fingerprint density at radius 1 is 1.33 bits per heavy atom. The lowest BCUT2D eigenvalue weighted by Gasteiger charge is -2.17. The highest BCUT2D eigenvalue weighted by Crippen LogP contribution is 2.34. The number of sulfonamides is 1. The quantitative estimate of drug-likeness (QED) is 0.706. The third-order valence-corrected chi connectivity index (χ3v) is 6.66. The Morgan fingerprint density at radius 3 is 2.43 bits per heavy atom. The van der Waals surface area contributed by atoms with Crippen LogP contribution in [0.15, 0.2) is 39.0 Å². The Balaban J connectivity index is 2.39. The van der Waals surface area contributed by atoms with Gasteiger partial charge in [0.2, 0.25) is 10.0 Å². The minimum absolute atomic E-state index is 0.0860. The summed E-state index contributed by atoms with van der Waals surface area (Å²) in [6.45, 7) is 1.91. The van der Waals surface area contributed by atoms with Crippen LogP contribution in [0.3, 0.4) is 0 Å². The standard InChI is InChI=1S/C13H12BrCl2NO2S2/c1-2-11(12-4-3-5-20-12)17-21(18,19)13-9(15)6-8(14)7-10(13)16/h3-7,11,17H,2H2,1H3. The molecule has 0 spiro atoms. The Kier molecular flexibility index (Phi) is 5.73. The zero-order chi connectivity index (χ0) is 15.6. The van der Waals surface area contributed by atoms with E-state index in [1.807, 2.05) is 24.4 Å². The SMILES string of the molecule is CCC(NS(=O)(=O)c1c(Cl)cc(Br)cc1Cl)c1cccs1. The fraction of sp³-hybridized carbons (Fsp3) is 0.231. The van der Waals surface area contributed by atoms with Gasteiger partial charge in [-0.05, 0) is 30.0 Å². The molecule has 1 unspecified atom stereocenters. The molecule has 1 heterocycles. The molecule has 21 heavy (non-hydrogen) atoms. The Hall–Kier alpha value is -0.110. The number of benzene rings is 1. The molecule has 2 aromatic rings. The number of halogens is 3. The Morgan fingerprint density at radius 2 is 1.95 bits per heavy atom. The first-order valence-electron chi connectivity index (χ1n) is 6.05. The van der Waals surface area contributed by atoms with Crippen molar-refractivity contribution in [3.8, 4) is 0 Å². The average Bonchev–Trinajstić information content (AvgIpc) is 2.87. The molecular weight excluding hydrogens is 417 g/mol. The monoisotopic (exact) mass is 427 g/mol. The van der Waals surface area contributed by atoms with Gasteiger partial charge in [-0.15, -0.1) is 11.3 Å². The van der Waals surface area contributed by atoms with Gasteiger partial charge in [0.1, 0.15) is 4.90 Å². The zero-order valence-electron chi connectivity index (χ0n) is 10.9. The number of thiophene rings is 1. The molecule has 0 bridgehead atoms. The highest BCUT2D eigenvalue weighted by molar-refractivity contribution is 9.10. The van der Waals surface area contributed by atoms with E-state index < -0.39 is 10.0 Å². The van der Waals surface area contributed by atoms with Crippen molar-refractivity contribution in [1.29, 1.82) is 0 Å². The van der Waals surface area contributed by atoms with Crippen molar-refractivity contribution in [2.45, 2.75) is 24.3 Å². The first-order chi connectivity index (χ1) is 9.85. The molecule has 2 rings (SSSR count). The van der Waals surface area contributed by atoms with E-state index in [-0.39, 0.29) is 21.0 Å². The lowest BCUT2D eigenvalue weighted by Crippen LogP contribution is -2.28. The minimum atomic E-state index is -3.80. The molecule has 114 valence electrons. The van der Waals surface area contributed by atoms with E-state index in [2.05, 4.69) is 20.7 Å². The van der Waals surface area contributed by atoms with Crippen molar-refractivity contribution in [2.75, 3.05) is 0 Å². The fourth-order valence-corrected chi connectivity index (χ4v) is 6.04. The third kappa shape index (κ3) is 4.00. The van der Waals surface area contributed by atoms with Crippen LogP contribution < -0.4 is 4.72 Å². The van der Waals surface area contributed by atoms with Crippen LogP contribution in [0.1, 0.15) is 24.3 Å². The summed E-state index contributed by atoms with van der Waals surface area (Å²) < 4.78 is 28.4. The summed E-state index contributed by atoms with van der Waals surface area (Å²) in [6.07, 6.45) is 0.630. The summed E-state index contributed by atoms with van der Waals surface area (Å²) in [6, 6.07) is 6.50. The van der Waals surface area contributed by atoms with Gasteiger partial charge in [0.25, 0.3) is 0 Å². The first-order valence-corrected chi connectivity index (χ1v) is 9.96. The molecule has 0 saturated heterocycles. The maximum atomic E-state index is 12.6. The van der Waals surface area contributed by atoms with Crippen LogP contribution in [-0.4, -0.2) is 8.42 Å². The molecule has 1 atom stereocenters. The van der Waals surface area contributed by atoms with Gasteiger partial charge in [-0.2, -0.15) is 0 Å². The molecule has 0 aliphatic heterocycles. The topological polar surface area (TPSA) is 46.2 Å². The normalized spacial score (nSPS) is 13.3. The molecule has 8 heteroatoms. The van der Waals surface area contributed by atoms with Crippen LogP contribution in [0.2, 0.25) is 10.0 Å². The molecule has 0 amide bonds. The van der Waals surface area contributed by atoms with Gasteiger partial charge in [-0.1, -0.05) is 52.1 Å². The smallest absolute Gasteiger partial charge is 0.207 e. The van der Waals surface area contributed by atoms with Crippen molar-refractivity contribution < 1.29 is 8.42 Å². The summed E-state index contributed by atoms with van der Waals surface area (Å²) in [5.74, 6) is 0. The van der Waals surface area contributed by atoms with Gasteiger partial charge in [-0.25, -0.2) is 13.1 Å². The summed E-state index contributed by atoms with van der Waals surface area (Å²) in [5, 5.41) is 2.08. The Bertz CT molecular complexity index is 710. The predicted molar refractivity (Wildman–Crippen MR) is 91.8 cm³/mol. The van der Waals surface area contributed by atoms with Gasteiger partial charge < -0.3 is 0 Å². The van der Waals surface area contributed by atoms with Crippen LogP contribution in [0, 0.1) is 0 Å². The largest absolute Gasteiger partial charge is 0.244 e. The van der Waals surface area contributed by atoms with E-state index >= 15 is 0 Å². The van der Waals surface area contributed by atoms with E-state index in [0.717, 1.165) is 4.88 Å². The predicted octanol–water partition coefficient (Wildman–Crippen LogP) is 5.25. The zero-order valence-corrected chi connectivity index (χ0v) is 15.7. The average molecular weight is 429 g/mol. The summed E-state index contributed by atoms with van der Waals surface area (Å²) in [4.78, 5) is 0.856. The molecule has 0 fully saturated rings. The molecule has 0 saturated carbocycles. The second-order valence-corrected chi connectivity index (χ2v) is 8.66. The molecule has 1 aromatic heterocycles. The highest BCUT2D eigenvalue weighted by Gasteiger charge is 2.26. The number of hydrogen-bond acceptors (Lipinski definition) is 3. The number of hydrogen-bond donors (Lipinski definition) is 1. The van der Waals surface area contributed by atoms with Crippen molar-refractivity contribution in [3.05, 3.63) is 49.0 Å². The van der Waals surface area contributed by atoms with E-state index in [1.54, 1.807) is 0 Å². The van der Waals surface area contributed by atoms with E-state index in [1.165, 1.54) is 23.5 Å². The number of rotatable bonds is 5. The van der Waals surface area contributed by atoms with Gasteiger partial charge in [-0.3, -0.25) is 0 Å². The maximum absolute atomic E-state index is 12.6. The van der Waals surface area contributed by atoms with Gasteiger partial charge in [0.05, 0.1) is 16.1 Å². The van der Waals surface area contributed by atoms with Crippen LogP contribution in [0.4, 0.5) is 0 Å². The lowest BCUT2D eigenvalue weighted by atomic mass is 10.2. The fourth-order valence-electron chi connectivity index (χ4n) is 1.86. The summed E-state index contributed by atoms with van der Waals surface area (Å²) in [5.41, 5.74) is 0. The van der Waals surface area contributed by atoms with Crippen molar-refractivity contribution in [1.82, 2.24) is 4.72 Å². The van der Waals surface area contributed by atoms with E-state index in [9.17, 15) is 8.42 Å². The Labute approximate surface area is 146 Å². The van der Waals surface area contributed by atoms with Crippen molar-refractivity contribution >= 4 is 60.5 Å². The molecular formula is C13H12BrCl2NO2S2. The van der Waals surface area contributed by atoms with Crippen LogP contribution in [0.5, 0.6) is 0 Å². The second-order valence-electron chi connectivity index (χ2n) is 4.30. The van der Waals surface area contributed by atoms with Gasteiger partial charge in [0, 0.05) is 9.35 Å². The van der Waals surface area contributed by atoms with Gasteiger partial charge in [0.15, 0.2) is 0 Å². The van der Waals surface area contributed by atoms with Crippen molar-refractivity contribution in [3.63, 3.8) is 0 Å². The third-order valence-electron chi connectivity index (χ3n) is 2.82. The molecule has 3 nitrogen and oxygen atoms in total. The maximum Gasteiger partial charge on any atom is 0.244 e. The van der Waals surface area contributed by atoms with Crippen LogP contribution >= 0.6 is 50.5 Å². The van der Waals surface area contributed by atoms with E-state index in [0.29, 0.717) is 10.9 Å². The molecule has 0 aliphatic carbocycles.